The normalized spacial score (nSPS) is 14.6. The molecule has 3 rings (SSSR count). The number of halogens is 8. The molecule has 1 aromatic heterocycles. The average Bonchev–Trinajstić information content (AvgIpc) is 2.59. The SMILES string of the molecule is O=C(N1CCc2cc(Nc3ncc(C(F)(F)F)c(Cl)n3)c(F)cc2C1)C(F)(F)F. The summed E-state index contributed by atoms with van der Waals surface area (Å²) in [6.07, 6.45) is -9.32. The van der Waals surface area contributed by atoms with E-state index in [0.717, 1.165) is 6.07 Å². The van der Waals surface area contributed by atoms with Crippen molar-refractivity contribution in [3.05, 3.63) is 46.0 Å². The summed E-state index contributed by atoms with van der Waals surface area (Å²) in [6, 6.07) is 2.22. The number of nitrogens with zero attached hydrogens (tertiary/aromatic N) is 3. The molecule has 5 nitrogen and oxygen atoms in total. The van der Waals surface area contributed by atoms with Crippen molar-refractivity contribution >= 4 is 29.1 Å². The van der Waals surface area contributed by atoms with Crippen LogP contribution in [0.3, 0.4) is 0 Å². The first kappa shape index (κ1) is 21.1. The molecule has 13 heteroatoms. The Morgan fingerprint density at radius 3 is 2.41 bits per heavy atom. The van der Waals surface area contributed by atoms with Crippen LogP contribution in [0.1, 0.15) is 16.7 Å². The van der Waals surface area contributed by atoms with E-state index in [-0.39, 0.29) is 24.2 Å². The van der Waals surface area contributed by atoms with E-state index in [4.69, 9.17) is 11.6 Å². The molecule has 0 aliphatic carbocycles. The van der Waals surface area contributed by atoms with Crippen LogP contribution >= 0.6 is 11.6 Å². The highest BCUT2D eigenvalue weighted by Gasteiger charge is 2.43. The molecular weight excluding hydrogens is 433 g/mol. The van der Waals surface area contributed by atoms with Crippen molar-refractivity contribution in [3.63, 3.8) is 0 Å². The van der Waals surface area contributed by atoms with Crippen LogP contribution in [-0.2, 0) is 23.9 Å². The van der Waals surface area contributed by atoms with Crippen LogP contribution < -0.4 is 5.32 Å². The number of benzene rings is 1. The predicted molar refractivity (Wildman–Crippen MR) is 86.9 cm³/mol. The summed E-state index contributed by atoms with van der Waals surface area (Å²) in [4.78, 5) is 18.8. The summed E-state index contributed by atoms with van der Waals surface area (Å²) < 4.78 is 90.1. The summed E-state index contributed by atoms with van der Waals surface area (Å²) in [5.74, 6) is -3.32. The minimum absolute atomic E-state index is 0.0285. The first-order valence-corrected chi connectivity index (χ1v) is 8.28. The number of hydrogen-bond donors (Lipinski definition) is 1. The highest BCUT2D eigenvalue weighted by Crippen LogP contribution is 2.34. The van der Waals surface area contributed by atoms with Crippen molar-refractivity contribution in [3.8, 4) is 0 Å². The number of alkyl halides is 6. The maximum Gasteiger partial charge on any atom is 0.471 e. The quantitative estimate of drug-likeness (QED) is 0.550. The van der Waals surface area contributed by atoms with Crippen molar-refractivity contribution in [2.24, 2.45) is 0 Å². The number of rotatable bonds is 2. The molecule has 0 unspecified atom stereocenters. The van der Waals surface area contributed by atoms with E-state index < -0.39 is 47.3 Å². The fourth-order valence-corrected chi connectivity index (χ4v) is 3.00. The first-order valence-electron chi connectivity index (χ1n) is 7.90. The third kappa shape index (κ3) is 4.52. The van der Waals surface area contributed by atoms with Gasteiger partial charge in [0.25, 0.3) is 0 Å². The summed E-state index contributed by atoms with van der Waals surface area (Å²) in [5, 5.41) is 1.51. The summed E-state index contributed by atoms with van der Waals surface area (Å²) in [6.45, 7) is -0.646. The summed E-state index contributed by atoms with van der Waals surface area (Å²) in [7, 11) is 0. The second-order valence-electron chi connectivity index (χ2n) is 6.10. The zero-order valence-corrected chi connectivity index (χ0v) is 14.9. The summed E-state index contributed by atoms with van der Waals surface area (Å²) in [5.41, 5.74) is -0.804. The van der Waals surface area contributed by atoms with Gasteiger partial charge >= 0.3 is 18.3 Å². The highest BCUT2D eigenvalue weighted by molar-refractivity contribution is 6.30. The van der Waals surface area contributed by atoms with Gasteiger partial charge in [0.2, 0.25) is 5.95 Å². The minimum atomic E-state index is -5.03. The summed E-state index contributed by atoms with van der Waals surface area (Å²) >= 11 is 5.48. The molecule has 0 saturated heterocycles. The van der Waals surface area contributed by atoms with Gasteiger partial charge in [-0.15, -0.1) is 0 Å². The van der Waals surface area contributed by atoms with Crippen LogP contribution in [0.4, 0.5) is 42.4 Å². The molecule has 1 aliphatic rings. The third-order valence-electron chi connectivity index (χ3n) is 4.13. The molecule has 0 radical (unpaired) electrons. The topological polar surface area (TPSA) is 58.1 Å². The van der Waals surface area contributed by atoms with Gasteiger partial charge in [0, 0.05) is 19.3 Å². The van der Waals surface area contributed by atoms with Crippen molar-refractivity contribution in [2.75, 3.05) is 11.9 Å². The Kier molecular flexibility index (Phi) is 5.32. The predicted octanol–water partition coefficient (Wildman–Crippen LogP) is 4.48. The number of carbonyl (C=O) groups excluding carboxylic acids is 1. The van der Waals surface area contributed by atoms with Crippen LogP contribution in [0.15, 0.2) is 18.3 Å². The Morgan fingerprint density at radius 2 is 1.83 bits per heavy atom. The van der Waals surface area contributed by atoms with E-state index in [9.17, 15) is 35.5 Å². The first-order chi connectivity index (χ1) is 13.4. The molecule has 156 valence electrons. The Morgan fingerprint density at radius 1 is 1.14 bits per heavy atom. The number of hydrogen-bond acceptors (Lipinski definition) is 4. The Hall–Kier alpha value is -2.63. The molecule has 29 heavy (non-hydrogen) atoms. The second-order valence-corrected chi connectivity index (χ2v) is 6.45. The van der Waals surface area contributed by atoms with Crippen molar-refractivity contribution in [2.45, 2.75) is 25.3 Å². The molecule has 1 amide bonds. The lowest BCUT2D eigenvalue weighted by atomic mass is 9.98. The number of carbonyl (C=O) groups is 1. The van der Waals surface area contributed by atoms with Gasteiger partial charge in [0.05, 0.1) is 5.69 Å². The van der Waals surface area contributed by atoms with Gasteiger partial charge in [-0.25, -0.2) is 14.4 Å². The third-order valence-corrected chi connectivity index (χ3v) is 4.41. The van der Waals surface area contributed by atoms with Gasteiger partial charge in [-0.05, 0) is 29.7 Å². The molecule has 1 N–H and O–H groups in total. The van der Waals surface area contributed by atoms with E-state index in [1.807, 2.05) is 0 Å². The average molecular weight is 443 g/mol. The van der Waals surface area contributed by atoms with E-state index in [2.05, 4.69) is 15.3 Å². The van der Waals surface area contributed by atoms with Crippen molar-refractivity contribution in [1.82, 2.24) is 14.9 Å². The smallest absolute Gasteiger partial charge is 0.330 e. The highest BCUT2D eigenvalue weighted by atomic mass is 35.5. The lowest BCUT2D eigenvalue weighted by Crippen LogP contribution is -2.43. The van der Waals surface area contributed by atoms with E-state index >= 15 is 0 Å². The Labute approximate surface area is 163 Å². The number of nitrogens with one attached hydrogen (secondary N) is 1. The standard InChI is InChI=1S/C16H10ClF7N4O/c17-12-9(15(19,20)21)5-25-14(27-12)26-11-4-7-1-2-28(13(29)16(22,23)24)6-8(7)3-10(11)18/h3-5H,1-2,6H2,(H,25,26,27). The molecule has 0 spiro atoms. The number of anilines is 2. The molecule has 2 heterocycles. The molecule has 0 fully saturated rings. The second kappa shape index (κ2) is 7.32. The molecule has 0 bridgehead atoms. The number of amides is 1. The largest absolute Gasteiger partial charge is 0.471 e. The number of fused-ring (bicyclic) bond motifs is 1. The van der Waals surface area contributed by atoms with Crippen LogP contribution in [0.25, 0.3) is 0 Å². The lowest BCUT2D eigenvalue weighted by Gasteiger charge is -2.29. The molecule has 0 saturated carbocycles. The zero-order chi connectivity index (χ0) is 21.6. The number of aromatic nitrogens is 2. The molecular formula is C16H10ClF7N4O. The van der Waals surface area contributed by atoms with E-state index in [1.54, 1.807) is 0 Å². The van der Waals surface area contributed by atoms with Gasteiger partial charge in [0.15, 0.2) is 0 Å². The molecule has 1 aromatic carbocycles. The van der Waals surface area contributed by atoms with Crippen LogP contribution in [-0.4, -0.2) is 33.5 Å². The van der Waals surface area contributed by atoms with Crippen molar-refractivity contribution < 1.29 is 35.5 Å². The Balaban J connectivity index is 1.82. The maximum absolute atomic E-state index is 14.3. The van der Waals surface area contributed by atoms with Crippen LogP contribution in [0.2, 0.25) is 5.15 Å². The van der Waals surface area contributed by atoms with Gasteiger partial charge in [0.1, 0.15) is 16.5 Å². The zero-order valence-electron chi connectivity index (χ0n) is 14.1. The fraction of sp³-hybridized carbons (Fsp3) is 0.312. The lowest BCUT2D eigenvalue weighted by molar-refractivity contribution is -0.186. The van der Waals surface area contributed by atoms with Gasteiger partial charge < -0.3 is 10.2 Å². The van der Waals surface area contributed by atoms with Crippen LogP contribution in [0, 0.1) is 5.82 Å². The fourth-order valence-electron chi connectivity index (χ4n) is 2.76. The molecule has 0 atom stereocenters. The monoisotopic (exact) mass is 442 g/mol. The maximum atomic E-state index is 14.3. The van der Waals surface area contributed by atoms with Crippen LogP contribution in [0.5, 0.6) is 0 Å². The molecule has 2 aromatic rings. The van der Waals surface area contributed by atoms with Gasteiger partial charge in [-0.3, -0.25) is 4.79 Å². The Bertz CT molecular complexity index is 962. The van der Waals surface area contributed by atoms with Crippen molar-refractivity contribution in [1.29, 1.82) is 0 Å². The molecule has 1 aliphatic heterocycles. The van der Waals surface area contributed by atoms with E-state index in [1.165, 1.54) is 6.07 Å². The minimum Gasteiger partial charge on any atom is -0.330 e. The van der Waals surface area contributed by atoms with Gasteiger partial charge in [-0.1, -0.05) is 11.6 Å². The van der Waals surface area contributed by atoms with E-state index in [0.29, 0.717) is 16.7 Å². The van der Waals surface area contributed by atoms with Gasteiger partial charge in [-0.2, -0.15) is 26.3 Å².